The van der Waals surface area contributed by atoms with Crippen LogP contribution in [0.5, 0.6) is 0 Å². The van der Waals surface area contributed by atoms with Crippen LogP contribution in [0.4, 0.5) is 0 Å². The van der Waals surface area contributed by atoms with Crippen LogP contribution in [0.3, 0.4) is 0 Å². The van der Waals surface area contributed by atoms with Gasteiger partial charge in [-0.1, -0.05) is 6.58 Å². The lowest BCUT2D eigenvalue weighted by molar-refractivity contribution is 0.558. The van der Waals surface area contributed by atoms with Gasteiger partial charge in [-0.15, -0.1) is 5.73 Å². The molecule has 40 valence electrons. The van der Waals surface area contributed by atoms with Gasteiger partial charge in [-0.05, 0) is 0 Å². The van der Waals surface area contributed by atoms with Gasteiger partial charge in [0.05, 0.1) is 6.20 Å². The smallest absolute Gasteiger partial charge is 0.259 e. The molecule has 0 bridgehead atoms. The Kier molecular flexibility index (Phi) is 3.32. The van der Waals surface area contributed by atoms with Crippen molar-refractivity contribution in [1.29, 1.82) is 0 Å². The molecule has 0 aromatic carbocycles. The van der Waals surface area contributed by atoms with Crippen molar-refractivity contribution >= 4 is 11.3 Å². The quantitative estimate of drug-likeness (QED) is 0.397. The predicted octanol–water partition coefficient (Wildman–Crippen LogP) is 0.0113. The molecule has 0 rings (SSSR count). The first-order chi connectivity index (χ1) is 3.27. The van der Waals surface area contributed by atoms with E-state index in [4.69, 9.17) is 4.55 Å². The molecule has 0 aromatic heterocycles. The molecule has 0 amide bonds. The lowest BCUT2D eigenvalue weighted by Gasteiger charge is -1.82. The fraction of sp³-hybridized carbons (Fsp3) is 0. The van der Waals surface area contributed by atoms with Crippen molar-refractivity contribution in [3.05, 3.63) is 18.5 Å². The standard InChI is InChI=1S/C3H5NO2S/c1-2-3-4-7(5)6/h3-4H,1H2,(H,5,6). The lowest BCUT2D eigenvalue weighted by Crippen LogP contribution is -2.05. The summed E-state index contributed by atoms with van der Waals surface area (Å²) in [5.74, 6) is 0. The van der Waals surface area contributed by atoms with Gasteiger partial charge >= 0.3 is 0 Å². The topological polar surface area (TPSA) is 49.3 Å². The average molecular weight is 119 g/mol. The van der Waals surface area contributed by atoms with E-state index in [1.165, 1.54) is 0 Å². The molecule has 0 spiro atoms. The van der Waals surface area contributed by atoms with E-state index in [1.54, 1.807) is 0 Å². The molecule has 4 heteroatoms. The fourth-order valence-electron chi connectivity index (χ4n) is 0.0921. The van der Waals surface area contributed by atoms with Crippen LogP contribution in [-0.4, -0.2) is 8.76 Å². The van der Waals surface area contributed by atoms with Gasteiger partial charge in [-0.25, -0.2) is 4.21 Å². The molecule has 7 heavy (non-hydrogen) atoms. The summed E-state index contributed by atoms with van der Waals surface area (Å²) < 4.78 is 19.6. The van der Waals surface area contributed by atoms with Crippen LogP contribution in [-0.2, 0) is 11.3 Å². The fourth-order valence-corrected chi connectivity index (χ4v) is 0.276. The molecule has 1 atom stereocenters. The summed E-state index contributed by atoms with van der Waals surface area (Å²) in [7, 11) is 0. The highest BCUT2D eigenvalue weighted by atomic mass is 32.2. The first kappa shape index (κ1) is 6.43. The molecule has 0 saturated heterocycles. The molecule has 0 radical (unpaired) electrons. The Bertz CT molecular complexity index is 116. The maximum Gasteiger partial charge on any atom is 0.259 e. The molecule has 0 aliphatic carbocycles. The molecule has 0 heterocycles. The molecule has 3 nitrogen and oxygen atoms in total. The van der Waals surface area contributed by atoms with Gasteiger partial charge in [0.15, 0.2) is 0 Å². The van der Waals surface area contributed by atoms with Gasteiger partial charge in [0.25, 0.3) is 11.3 Å². The van der Waals surface area contributed by atoms with E-state index in [2.05, 4.69) is 12.3 Å². The second kappa shape index (κ2) is 3.61. The van der Waals surface area contributed by atoms with Gasteiger partial charge in [0.1, 0.15) is 0 Å². The molecular weight excluding hydrogens is 114 g/mol. The summed E-state index contributed by atoms with van der Waals surface area (Å²) in [6.07, 6.45) is 1.16. The van der Waals surface area contributed by atoms with Crippen molar-refractivity contribution in [3.8, 4) is 0 Å². The van der Waals surface area contributed by atoms with Crippen molar-refractivity contribution in [3.63, 3.8) is 0 Å². The van der Waals surface area contributed by atoms with Crippen molar-refractivity contribution in [1.82, 2.24) is 4.72 Å². The van der Waals surface area contributed by atoms with Crippen molar-refractivity contribution in [2.45, 2.75) is 0 Å². The zero-order valence-corrected chi connectivity index (χ0v) is 4.36. The third kappa shape index (κ3) is 5.43. The predicted molar refractivity (Wildman–Crippen MR) is 27.6 cm³/mol. The maximum absolute atomic E-state index is 9.66. The molecule has 0 aliphatic heterocycles. The molecule has 0 saturated carbocycles. The number of hydrogen-bond acceptors (Lipinski definition) is 1. The minimum Gasteiger partial charge on any atom is -0.289 e. The first-order valence-corrected chi connectivity index (χ1v) is 2.59. The second-order valence-electron chi connectivity index (χ2n) is 0.715. The molecule has 1 unspecified atom stereocenters. The highest BCUT2D eigenvalue weighted by Crippen LogP contribution is 1.59. The van der Waals surface area contributed by atoms with Crippen molar-refractivity contribution in [2.75, 3.05) is 0 Å². The highest BCUT2D eigenvalue weighted by molar-refractivity contribution is 7.77. The first-order valence-electron chi connectivity index (χ1n) is 1.48. The van der Waals surface area contributed by atoms with E-state index in [-0.39, 0.29) is 0 Å². The average Bonchev–Trinajstić information content (AvgIpc) is 1.61. The highest BCUT2D eigenvalue weighted by Gasteiger charge is 1.76. The lowest BCUT2D eigenvalue weighted by atomic mass is 10.9. The summed E-state index contributed by atoms with van der Waals surface area (Å²) in [4.78, 5) is 0. The molecule has 0 aromatic rings. The zero-order valence-electron chi connectivity index (χ0n) is 3.55. The maximum atomic E-state index is 9.66. The third-order valence-electron chi connectivity index (χ3n) is 0.262. The monoisotopic (exact) mass is 119 g/mol. The van der Waals surface area contributed by atoms with E-state index < -0.39 is 11.3 Å². The number of hydrogen-bond donors (Lipinski definition) is 2. The Morgan fingerprint density at radius 1 is 2.00 bits per heavy atom. The SMILES string of the molecule is C=C=CNS(=O)O. The Labute approximate surface area is 44.2 Å². The van der Waals surface area contributed by atoms with E-state index in [0.29, 0.717) is 0 Å². The molecule has 0 fully saturated rings. The van der Waals surface area contributed by atoms with Crippen molar-refractivity contribution < 1.29 is 8.76 Å². The summed E-state index contributed by atoms with van der Waals surface area (Å²) in [5.41, 5.74) is 2.26. The zero-order chi connectivity index (χ0) is 5.70. The van der Waals surface area contributed by atoms with E-state index in [1.807, 2.05) is 4.72 Å². The van der Waals surface area contributed by atoms with Crippen LogP contribution < -0.4 is 4.72 Å². The van der Waals surface area contributed by atoms with Crippen molar-refractivity contribution in [2.24, 2.45) is 0 Å². The van der Waals surface area contributed by atoms with Gasteiger partial charge in [-0.2, -0.15) is 0 Å². The summed E-state index contributed by atoms with van der Waals surface area (Å²) in [5, 5.41) is 0. The van der Waals surface area contributed by atoms with Gasteiger partial charge in [0.2, 0.25) is 0 Å². The van der Waals surface area contributed by atoms with Crippen LogP contribution >= 0.6 is 0 Å². The number of nitrogens with one attached hydrogen (secondary N) is 1. The Morgan fingerprint density at radius 2 is 2.57 bits per heavy atom. The number of rotatable bonds is 2. The Balaban J connectivity index is 3.32. The van der Waals surface area contributed by atoms with Crippen LogP contribution in [0, 0.1) is 0 Å². The minimum atomic E-state index is -1.97. The van der Waals surface area contributed by atoms with Crippen LogP contribution in [0.15, 0.2) is 18.5 Å². The van der Waals surface area contributed by atoms with Crippen LogP contribution in [0.1, 0.15) is 0 Å². The second-order valence-corrected chi connectivity index (χ2v) is 1.45. The molecular formula is C3H5NO2S. The van der Waals surface area contributed by atoms with E-state index in [9.17, 15) is 4.21 Å². The third-order valence-corrected chi connectivity index (χ3v) is 0.581. The van der Waals surface area contributed by atoms with Gasteiger partial charge in [-0.3, -0.25) is 9.27 Å². The largest absolute Gasteiger partial charge is 0.289 e. The van der Waals surface area contributed by atoms with E-state index in [0.717, 1.165) is 6.20 Å². The summed E-state index contributed by atoms with van der Waals surface area (Å²) in [6.45, 7) is 3.14. The van der Waals surface area contributed by atoms with Gasteiger partial charge < -0.3 is 0 Å². The minimum absolute atomic E-state index is 1.16. The van der Waals surface area contributed by atoms with Crippen LogP contribution in [0.2, 0.25) is 0 Å². The Hall–Kier alpha value is -0.570. The van der Waals surface area contributed by atoms with Gasteiger partial charge in [0, 0.05) is 0 Å². The van der Waals surface area contributed by atoms with E-state index >= 15 is 0 Å². The Morgan fingerprint density at radius 3 is 2.71 bits per heavy atom. The molecule has 2 N–H and O–H groups in total. The van der Waals surface area contributed by atoms with Crippen LogP contribution in [0.25, 0.3) is 0 Å². The molecule has 0 aliphatic rings. The normalized spacial score (nSPS) is 11.6. The summed E-state index contributed by atoms with van der Waals surface area (Å²) in [6, 6.07) is 0. The summed E-state index contributed by atoms with van der Waals surface area (Å²) >= 11 is -1.97.